The van der Waals surface area contributed by atoms with Gasteiger partial charge >= 0.3 is 5.97 Å². The first kappa shape index (κ1) is 19.8. The van der Waals surface area contributed by atoms with Crippen LogP contribution in [-0.4, -0.2) is 58.4 Å². The number of hydrogen-bond acceptors (Lipinski definition) is 7. The predicted molar refractivity (Wildman–Crippen MR) is 103 cm³/mol. The molecule has 9 heteroatoms. The van der Waals surface area contributed by atoms with Crippen molar-refractivity contribution in [3.05, 3.63) is 11.6 Å². The summed E-state index contributed by atoms with van der Waals surface area (Å²) in [6, 6.07) is 0. The van der Waals surface area contributed by atoms with Crippen LogP contribution in [0.2, 0.25) is 5.28 Å². The van der Waals surface area contributed by atoms with Crippen LogP contribution in [0.25, 0.3) is 11.2 Å². The Morgan fingerprint density at radius 3 is 2.78 bits per heavy atom. The average Bonchev–Trinajstić information content (AvgIpc) is 3.07. The first-order valence-electron chi connectivity index (χ1n) is 9.55. The highest BCUT2D eigenvalue weighted by molar-refractivity contribution is 6.28. The fourth-order valence-electron chi connectivity index (χ4n) is 3.20. The summed E-state index contributed by atoms with van der Waals surface area (Å²) in [6.45, 7) is 5.99. The van der Waals surface area contributed by atoms with E-state index in [0.717, 1.165) is 62.3 Å². The second-order valence-corrected chi connectivity index (χ2v) is 6.83. The molecule has 0 aromatic carbocycles. The van der Waals surface area contributed by atoms with E-state index in [1.54, 1.807) is 6.33 Å². The second kappa shape index (κ2) is 9.85. The molecule has 148 valence electrons. The van der Waals surface area contributed by atoms with Crippen molar-refractivity contribution in [2.45, 2.75) is 45.6 Å². The van der Waals surface area contributed by atoms with Gasteiger partial charge in [-0.15, -0.1) is 0 Å². The molecule has 8 nitrogen and oxygen atoms in total. The van der Waals surface area contributed by atoms with Gasteiger partial charge in [-0.05, 0) is 31.4 Å². The van der Waals surface area contributed by atoms with E-state index in [0.29, 0.717) is 26.2 Å². The van der Waals surface area contributed by atoms with Gasteiger partial charge in [-0.3, -0.25) is 4.79 Å². The summed E-state index contributed by atoms with van der Waals surface area (Å²) in [6.07, 6.45) is 6.18. The van der Waals surface area contributed by atoms with E-state index in [1.165, 1.54) is 0 Å². The van der Waals surface area contributed by atoms with E-state index in [9.17, 15) is 4.79 Å². The number of anilines is 1. The Morgan fingerprint density at radius 2 is 2.00 bits per heavy atom. The zero-order valence-corrected chi connectivity index (χ0v) is 16.5. The highest BCUT2D eigenvalue weighted by Gasteiger charge is 2.20. The molecule has 0 N–H and O–H groups in total. The molecule has 2 aromatic rings. The van der Waals surface area contributed by atoms with Crippen LogP contribution in [-0.2, 0) is 20.8 Å². The lowest BCUT2D eigenvalue weighted by molar-refractivity contribution is -0.143. The molecule has 1 saturated heterocycles. The van der Waals surface area contributed by atoms with E-state index < -0.39 is 0 Å². The lowest BCUT2D eigenvalue weighted by Gasteiger charge is -2.27. The van der Waals surface area contributed by atoms with Crippen molar-refractivity contribution < 1.29 is 14.3 Å². The van der Waals surface area contributed by atoms with Gasteiger partial charge in [0.15, 0.2) is 17.0 Å². The number of carbonyl (C=O) groups excluding carboxylic acids is 1. The molecule has 1 aliphatic heterocycles. The number of ether oxygens (including phenoxy) is 2. The van der Waals surface area contributed by atoms with Gasteiger partial charge in [0.25, 0.3) is 0 Å². The normalized spacial score (nSPS) is 14.7. The van der Waals surface area contributed by atoms with Crippen molar-refractivity contribution in [3.63, 3.8) is 0 Å². The van der Waals surface area contributed by atoms with Crippen molar-refractivity contribution in [3.8, 4) is 0 Å². The summed E-state index contributed by atoms with van der Waals surface area (Å²) in [5.74, 6) is 0.668. The maximum Gasteiger partial charge on any atom is 0.305 e. The van der Waals surface area contributed by atoms with Crippen LogP contribution >= 0.6 is 11.6 Å². The van der Waals surface area contributed by atoms with Gasteiger partial charge in [0.2, 0.25) is 5.28 Å². The minimum absolute atomic E-state index is 0.111. The summed E-state index contributed by atoms with van der Waals surface area (Å²) < 4.78 is 12.4. The van der Waals surface area contributed by atoms with Gasteiger partial charge in [-0.25, -0.2) is 4.98 Å². The third-order valence-corrected chi connectivity index (χ3v) is 4.73. The number of nitrogens with zero attached hydrogens (tertiary/aromatic N) is 5. The Morgan fingerprint density at radius 1 is 1.22 bits per heavy atom. The molecule has 3 heterocycles. The fourth-order valence-corrected chi connectivity index (χ4v) is 3.36. The molecule has 1 fully saturated rings. The lowest BCUT2D eigenvalue weighted by Crippen LogP contribution is -2.37. The first-order valence-corrected chi connectivity index (χ1v) is 9.93. The smallest absolute Gasteiger partial charge is 0.305 e. The van der Waals surface area contributed by atoms with Gasteiger partial charge in [0, 0.05) is 26.1 Å². The third kappa shape index (κ3) is 5.29. The largest absolute Gasteiger partial charge is 0.466 e. The molecule has 0 amide bonds. The summed E-state index contributed by atoms with van der Waals surface area (Å²) >= 11 is 6.16. The SMILES string of the molecule is CCOC(=O)CCCCCCn1cnc2c(N3CCOCC3)nc(Cl)nc21. The van der Waals surface area contributed by atoms with E-state index in [1.807, 2.05) is 11.5 Å². The maximum absolute atomic E-state index is 11.3. The molecular formula is C18H26ClN5O3. The van der Waals surface area contributed by atoms with Crippen LogP contribution in [0.5, 0.6) is 0 Å². The molecule has 2 aromatic heterocycles. The van der Waals surface area contributed by atoms with Gasteiger partial charge in [-0.2, -0.15) is 9.97 Å². The highest BCUT2D eigenvalue weighted by atomic mass is 35.5. The standard InChI is InChI=1S/C18H26ClN5O3/c1-2-27-14(25)7-5-3-4-6-8-24-13-20-15-16(21-18(19)22-17(15)24)23-9-11-26-12-10-23/h13H,2-12H2,1H3. The molecule has 0 saturated carbocycles. The minimum atomic E-state index is -0.111. The zero-order valence-electron chi connectivity index (χ0n) is 15.7. The summed E-state index contributed by atoms with van der Waals surface area (Å²) in [5, 5.41) is 0.236. The number of morpholine rings is 1. The molecule has 0 spiro atoms. The third-order valence-electron chi connectivity index (χ3n) is 4.56. The number of esters is 1. The van der Waals surface area contributed by atoms with Crippen molar-refractivity contribution in [2.24, 2.45) is 0 Å². The van der Waals surface area contributed by atoms with Crippen LogP contribution in [0.4, 0.5) is 5.82 Å². The van der Waals surface area contributed by atoms with Gasteiger partial charge in [0.05, 0.1) is 26.1 Å². The number of aryl methyl sites for hydroxylation is 1. The van der Waals surface area contributed by atoms with Crippen LogP contribution < -0.4 is 4.90 Å². The average molecular weight is 396 g/mol. The number of fused-ring (bicyclic) bond motifs is 1. The fraction of sp³-hybridized carbons (Fsp3) is 0.667. The van der Waals surface area contributed by atoms with E-state index in [4.69, 9.17) is 21.1 Å². The number of imidazole rings is 1. The van der Waals surface area contributed by atoms with Crippen LogP contribution in [0, 0.1) is 0 Å². The Balaban J connectivity index is 1.56. The Kier molecular flexibility index (Phi) is 7.23. The Bertz CT molecular complexity index is 761. The second-order valence-electron chi connectivity index (χ2n) is 6.50. The molecular weight excluding hydrogens is 370 g/mol. The molecule has 0 radical (unpaired) electrons. The van der Waals surface area contributed by atoms with Crippen molar-refractivity contribution in [1.29, 1.82) is 0 Å². The Hall–Kier alpha value is -1.93. The van der Waals surface area contributed by atoms with Crippen LogP contribution in [0.15, 0.2) is 6.33 Å². The van der Waals surface area contributed by atoms with Crippen molar-refractivity contribution in [1.82, 2.24) is 19.5 Å². The number of aromatic nitrogens is 4. The number of rotatable bonds is 9. The molecule has 0 unspecified atom stereocenters. The zero-order chi connectivity index (χ0) is 19.1. The maximum atomic E-state index is 11.3. The number of hydrogen-bond donors (Lipinski definition) is 0. The number of halogens is 1. The summed E-state index contributed by atoms with van der Waals surface area (Å²) in [7, 11) is 0. The van der Waals surface area contributed by atoms with Gasteiger partial charge in [-0.1, -0.05) is 12.8 Å². The molecule has 1 aliphatic rings. The molecule has 0 aliphatic carbocycles. The molecule has 27 heavy (non-hydrogen) atoms. The van der Waals surface area contributed by atoms with Gasteiger partial charge in [0.1, 0.15) is 0 Å². The van der Waals surface area contributed by atoms with E-state index in [-0.39, 0.29) is 11.3 Å². The minimum Gasteiger partial charge on any atom is -0.466 e. The van der Waals surface area contributed by atoms with E-state index >= 15 is 0 Å². The highest BCUT2D eigenvalue weighted by Crippen LogP contribution is 2.25. The number of carbonyl (C=O) groups is 1. The van der Waals surface area contributed by atoms with Crippen molar-refractivity contribution in [2.75, 3.05) is 37.8 Å². The monoisotopic (exact) mass is 395 g/mol. The quantitative estimate of drug-likeness (QED) is 0.366. The van der Waals surface area contributed by atoms with Crippen molar-refractivity contribution >= 4 is 34.6 Å². The topological polar surface area (TPSA) is 82.4 Å². The summed E-state index contributed by atoms with van der Waals surface area (Å²) in [5.41, 5.74) is 1.55. The van der Waals surface area contributed by atoms with E-state index in [2.05, 4.69) is 19.9 Å². The molecule has 3 rings (SSSR count). The van der Waals surface area contributed by atoms with Gasteiger partial charge < -0.3 is 18.9 Å². The Labute approximate surface area is 163 Å². The number of unbranched alkanes of at least 4 members (excludes halogenated alkanes) is 3. The lowest BCUT2D eigenvalue weighted by atomic mass is 10.1. The van der Waals surface area contributed by atoms with Crippen LogP contribution in [0.3, 0.4) is 0 Å². The first-order chi connectivity index (χ1) is 13.2. The predicted octanol–water partition coefficient (Wildman–Crippen LogP) is 2.83. The molecule has 0 atom stereocenters. The summed E-state index contributed by atoms with van der Waals surface area (Å²) in [4.78, 5) is 26.8. The molecule has 0 bridgehead atoms. The van der Waals surface area contributed by atoms with Crippen LogP contribution in [0.1, 0.15) is 39.0 Å².